The number of nitrogens with two attached hydrogens (primary N) is 1. The minimum absolute atomic E-state index is 0.202. The summed E-state index contributed by atoms with van der Waals surface area (Å²) >= 11 is 0. The van der Waals surface area contributed by atoms with E-state index < -0.39 is 0 Å². The highest BCUT2D eigenvalue weighted by Crippen LogP contribution is 2.40. The number of carbonyl (C=O) groups excluding carboxylic acids is 1. The lowest BCUT2D eigenvalue weighted by Crippen LogP contribution is -2.43. The van der Waals surface area contributed by atoms with Gasteiger partial charge in [-0.3, -0.25) is 9.69 Å². The van der Waals surface area contributed by atoms with Crippen molar-refractivity contribution in [3.05, 3.63) is 0 Å². The highest BCUT2D eigenvalue weighted by molar-refractivity contribution is 5.75. The molecule has 3 heteroatoms. The number of piperidine rings is 1. The molecule has 1 aliphatic heterocycles. The van der Waals surface area contributed by atoms with Gasteiger partial charge in [0.25, 0.3) is 0 Å². The summed E-state index contributed by atoms with van der Waals surface area (Å²) in [5, 5.41) is 0. The summed E-state index contributed by atoms with van der Waals surface area (Å²) in [6.07, 6.45) is 4.94. The molecule has 1 aliphatic rings. The van der Waals surface area contributed by atoms with Crippen LogP contribution in [-0.4, -0.2) is 30.4 Å². The molecule has 0 aliphatic carbocycles. The molecule has 0 radical (unpaired) electrons. The van der Waals surface area contributed by atoms with Crippen LogP contribution >= 0.6 is 0 Å². The van der Waals surface area contributed by atoms with Crippen LogP contribution in [0.15, 0.2) is 0 Å². The molecular weight excluding hydrogens is 200 g/mol. The number of hydrogen-bond acceptors (Lipinski definition) is 2. The van der Waals surface area contributed by atoms with Gasteiger partial charge in [-0.25, -0.2) is 0 Å². The zero-order chi connectivity index (χ0) is 12.2. The van der Waals surface area contributed by atoms with E-state index in [1.54, 1.807) is 0 Å². The van der Waals surface area contributed by atoms with E-state index in [4.69, 9.17) is 5.73 Å². The molecule has 1 amide bonds. The maximum atomic E-state index is 10.8. The first-order valence-corrected chi connectivity index (χ1v) is 6.52. The Bertz CT molecular complexity index is 228. The number of amides is 1. The Morgan fingerprint density at radius 3 is 2.19 bits per heavy atom. The molecule has 3 nitrogen and oxygen atoms in total. The van der Waals surface area contributed by atoms with Crippen molar-refractivity contribution < 1.29 is 4.79 Å². The van der Waals surface area contributed by atoms with Crippen LogP contribution in [0.5, 0.6) is 0 Å². The first-order chi connectivity index (χ1) is 7.51. The average molecular weight is 226 g/mol. The van der Waals surface area contributed by atoms with Crippen LogP contribution in [0.2, 0.25) is 0 Å². The van der Waals surface area contributed by atoms with Gasteiger partial charge in [0.05, 0.1) is 6.54 Å². The van der Waals surface area contributed by atoms with E-state index in [2.05, 4.69) is 25.7 Å². The van der Waals surface area contributed by atoms with Gasteiger partial charge >= 0.3 is 0 Å². The van der Waals surface area contributed by atoms with E-state index in [-0.39, 0.29) is 5.91 Å². The fraction of sp³-hybridized carbons (Fsp3) is 0.923. The van der Waals surface area contributed by atoms with Crippen LogP contribution in [0.4, 0.5) is 0 Å². The van der Waals surface area contributed by atoms with Gasteiger partial charge in [-0.15, -0.1) is 0 Å². The van der Waals surface area contributed by atoms with Gasteiger partial charge in [0.1, 0.15) is 0 Å². The molecule has 0 aromatic carbocycles. The molecule has 1 saturated heterocycles. The van der Waals surface area contributed by atoms with Gasteiger partial charge in [-0.1, -0.05) is 33.6 Å². The van der Waals surface area contributed by atoms with Crippen LogP contribution in [0.1, 0.15) is 46.5 Å². The molecule has 16 heavy (non-hydrogen) atoms. The molecule has 0 aromatic heterocycles. The van der Waals surface area contributed by atoms with Crippen LogP contribution in [-0.2, 0) is 4.79 Å². The summed E-state index contributed by atoms with van der Waals surface area (Å²) in [5.41, 5.74) is 5.70. The molecule has 1 heterocycles. The predicted molar refractivity (Wildman–Crippen MR) is 67.0 cm³/mol. The van der Waals surface area contributed by atoms with E-state index >= 15 is 0 Å². The molecule has 0 spiro atoms. The van der Waals surface area contributed by atoms with E-state index in [1.807, 2.05) is 0 Å². The van der Waals surface area contributed by atoms with Crippen LogP contribution in [0.3, 0.4) is 0 Å². The Morgan fingerprint density at radius 2 is 1.81 bits per heavy atom. The van der Waals surface area contributed by atoms with Crippen molar-refractivity contribution in [2.75, 3.05) is 19.6 Å². The molecule has 0 aromatic rings. The van der Waals surface area contributed by atoms with Crippen molar-refractivity contribution in [2.24, 2.45) is 17.1 Å². The average Bonchev–Trinajstić information content (AvgIpc) is 2.28. The van der Waals surface area contributed by atoms with Gasteiger partial charge in [0.2, 0.25) is 5.91 Å². The molecule has 0 saturated carbocycles. The molecule has 0 unspecified atom stereocenters. The van der Waals surface area contributed by atoms with Crippen molar-refractivity contribution in [3.8, 4) is 0 Å². The molecule has 0 atom stereocenters. The van der Waals surface area contributed by atoms with Crippen LogP contribution in [0.25, 0.3) is 0 Å². The summed E-state index contributed by atoms with van der Waals surface area (Å²) in [7, 11) is 0. The van der Waals surface area contributed by atoms with E-state index in [0.29, 0.717) is 12.0 Å². The SMILES string of the molecule is CCC(C)(CC)C1CCN(CC(N)=O)CC1. The normalized spacial score (nSPS) is 19.9. The van der Waals surface area contributed by atoms with Crippen molar-refractivity contribution in [1.82, 2.24) is 4.90 Å². The summed E-state index contributed by atoms with van der Waals surface area (Å²) in [6.45, 7) is 9.48. The number of rotatable bonds is 5. The second kappa shape index (κ2) is 5.67. The molecule has 0 bridgehead atoms. The Labute approximate surface area is 99.4 Å². The summed E-state index contributed by atoms with van der Waals surface area (Å²) in [5.74, 6) is 0.610. The van der Waals surface area contributed by atoms with Crippen molar-refractivity contribution >= 4 is 5.91 Å². The van der Waals surface area contributed by atoms with Crippen molar-refractivity contribution in [2.45, 2.75) is 46.5 Å². The van der Waals surface area contributed by atoms with Crippen molar-refractivity contribution in [3.63, 3.8) is 0 Å². The Kier molecular flexibility index (Phi) is 4.78. The fourth-order valence-electron chi connectivity index (χ4n) is 2.84. The molecule has 1 fully saturated rings. The predicted octanol–water partition coefficient (Wildman–Crippen LogP) is 2.01. The van der Waals surface area contributed by atoms with Gasteiger partial charge in [0, 0.05) is 0 Å². The van der Waals surface area contributed by atoms with E-state index in [9.17, 15) is 4.79 Å². The van der Waals surface area contributed by atoms with E-state index in [1.165, 1.54) is 25.7 Å². The second-order valence-electron chi connectivity index (χ2n) is 5.38. The van der Waals surface area contributed by atoms with E-state index in [0.717, 1.165) is 19.0 Å². The highest BCUT2D eigenvalue weighted by Gasteiger charge is 2.33. The largest absolute Gasteiger partial charge is 0.369 e. The molecule has 1 rings (SSSR count). The number of primary amides is 1. The lowest BCUT2D eigenvalue weighted by Gasteiger charge is -2.41. The Balaban J connectivity index is 2.45. The first kappa shape index (κ1) is 13.5. The van der Waals surface area contributed by atoms with Crippen molar-refractivity contribution in [1.29, 1.82) is 0 Å². The van der Waals surface area contributed by atoms with Crippen LogP contribution in [0, 0.1) is 11.3 Å². The van der Waals surface area contributed by atoms with Gasteiger partial charge in [-0.05, 0) is 37.3 Å². The zero-order valence-corrected chi connectivity index (χ0v) is 11.0. The number of carbonyl (C=O) groups is 1. The Hall–Kier alpha value is -0.570. The highest BCUT2D eigenvalue weighted by atomic mass is 16.1. The molecular formula is C13H26N2O. The molecule has 2 N–H and O–H groups in total. The second-order valence-corrected chi connectivity index (χ2v) is 5.38. The number of likely N-dealkylation sites (tertiary alicyclic amines) is 1. The monoisotopic (exact) mass is 226 g/mol. The summed E-state index contributed by atoms with van der Waals surface area (Å²) < 4.78 is 0. The summed E-state index contributed by atoms with van der Waals surface area (Å²) in [6, 6.07) is 0. The summed E-state index contributed by atoms with van der Waals surface area (Å²) in [4.78, 5) is 13.0. The number of hydrogen-bond donors (Lipinski definition) is 1. The third-order valence-electron chi connectivity index (χ3n) is 4.57. The smallest absolute Gasteiger partial charge is 0.231 e. The third-order valence-corrected chi connectivity index (χ3v) is 4.57. The zero-order valence-electron chi connectivity index (χ0n) is 11.0. The standard InChI is InChI=1S/C13H26N2O/c1-4-13(3,5-2)11-6-8-15(9-7-11)10-12(14)16/h11H,4-10H2,1-3H3,(H2,14,16). The number of nitrogens with zero attached hydrogens (tertiary/aromatic N) is 1. The molecule has 94 valence electrons. The van der Waals surface area contributed by atoms with Gasteiger partial charge in [0.15, 0.2) is 0 Å². The van der Waals surface area contributed by atoms with Gasteiger partial charge in [-0.2, -0.15) is 0 Å². The quantitative estimate of drug-likeness (QED) is 0.779. The Morgan fingerprint density at radius 1 is 1.31 bits per heavy atom. The lowest BCUT2D eigenvalue weighted by atomic mass is 9.69. The first-order valence-electron chi connectivity index (χ1n) is 6.52. The maximum Gasteiger partial charge on any atom is 0.231 e. The topological polar surface area (TPSA) is 46.3 Å². The van der Waals surface area contributed by atoms with Crippen LogP contribution < -0.4 is 5.73 Å². The fourth-order valence-corrected chi connectivity index (χ4v) is 2.84. The maximum absolute atomic E-state index is 10.8. The third kappa shape index (κ3) is 3.21. The van der Waals surface area contributed by atoms with Gasteiger partial charge < -0.3 is 5.73 Å². The lowest BCUT2D eigenvalue weighted by molar-refractivity contribution is -0.119. The minimum atomic E-state index is -0.202. The minimum Gasteiger partial charge on any atom is -0.369 e.